The number of aromatic nitrogens is 2. The minimum Gasteiger partial charge on any atom is -0.423 e. The smallest absolute Gasteiger partial charge is 0.423 e. The molecule has 49 heavy (non-hydrogen) atoms. The molecule has 4 aromatic carbocycles. The maximum absolute atomic E-state index is 12.8. The van der Waals surface area contributed by atoms with Crippen molar-refractivity contribution < 1.29 is 36.4 Å². The number of fused-ring (bicyclic) bond motifs is 2. The summed E-state index contributed by atoms with van der Waals surface area (Å²) in [7, 11) is -1.50. The fourth-order valence-corrected chi connectivity index (χ4v) is 5.55. The monoisotopic (exact) mass is 866 g/mol. The van der Waals surface area contributed by atoms with Gasteiger partial charge in [-0.05, 0) is 87.6 Å². The molecule has 6 aromatic rings. The lowest BCUT2D eigenvalue weighted by Crippen LogP contribution is -2.29. The van der Waals surface area contributed by atoms with Crippen LogP contribution in [-0.4, -0.2) is 27.1 Å². The zero-order valence-electron chi connectivity index (χ0n) is 23.3. The lowest BCUT2D eigenvalue weighted by molar-refractivity contribution is -0.141. The predicted octanol–water partition coefficient (Wildman–Crippen LogP) is 12.7. The molecule has 0 unspecified atom stereocenters. The Balaban J connectivity index is 0.000000210. The van der Waals surface area contributed by atoms with E-state index in [1.165, 1.54) is 30.3 Å². The Bertz CT molecular complexity index is 2070. The van der Waals surface area contributed by atoms with Crippen molar-refractivity contribution >= 4 is 120 Å². The molecule has 4 N–H and O–H groups in total. The van der Waals surface area contributed by atoms with Crippen LogP contribution in [0.2, 0.25) is 30.1 Å². The van der Waals surface area contributed by atoms with Gasteiger partial charge in [0.15, 0.2) is 0 Å². The topological polar surface area (TPSA) is 72.0 Å². The van der Waals surface area contributed by atoms with Crippen molar-refractivity contribution in [2.24, 2.45) is 0 Å². The highest BCUT2D eigenvalue weighted by Crippen LogP contribution is 2.38. The average molecular weight is 870 g/mol. The number of nitrogens with one attached hydrogen (secondary N) is 2. The number of hydrogen-bond acceptors (Lipinski definition) is 2. The first-order chi connectivity index (χ1) is 22.2. The number of halogens is 13. The Hall–Kier alpha value is -2.26. The van der Waals surface area contributed by atoms with Crippen LogP contribution in [0.15, 0.2) is 77.3 Å². The van der Waals surface area contributed by atoms with Crippen LogP contribution >= 0.6 is 85.5 Å². The van der Waals surface area contributed by atoms with Crippen molar-refractivity contribution in [2.45, 2.75) is 19.8 Å². The summed E-state index contributed by atoms with van der Waals surface area (Å²) in [4.78, 5) is 4.59. The van der Waals surface area contributed by atoms with E-state index in [0.717, 1.165) is 12.1 Å². The van der Waals surface area contributed by atoms with Crippen molar-refractivity contribution in [1.29, 1.82) is 0 Å². The highest BCUT2D eigenvalue weighted by Gasteiger charge is 2.33. The Morgan fingerprint density at radius 1 is 0.551 bits per heavy atom. The normalized spacial score (nSPS) is 11.4. The molecule has 0 fully saturated rings. The van der Waals surface area contributed by atoms with E-state index >= 15 is 0 Å². The van der Waals surface area contributed by atoms with Gasteiger partial charge in [0, 0.05) is 31.8 Å². The van der Waals surface area contributed by atoms with Crippen LogP contribution in [0.3, 0.4) is 0 Å². The van der Waals surface area contributed by atoms with Gasteiger partial charge >= 0.3 is 19.5 Å². The first-order valence-electron chi connectivity index (χ1n) is 13.0. The van der Waals surface area contributed by atoms with Gasteiger partial charge in [-0.3, -0.25) is 0 Å². The maximum atomic E-state index is 12.8. The highest BCUT2D eigenvalue weighted by molar-refractivity contribution is 9.10. The molecular formula is C31H20BBrCl6F6N2O2. The lowest BCUT2D eigenvalue weighted by atomic mass is 9.80. The average Bonchev–Trinajstić information content (AvgIpc) is 3.60. The largest absolute Gasteiger partial charge is 0.488 e. The van der Waals surface area contributed by atoms with Crippen LogP contribution in [-0.2, 0) is 12.4 Å². The summed E-state index contributed by atoms with van der Waals surface area (Å²) in [5, 5.41) is 20.4. The molecule has 0 radical (unpaired) electrons. The molecule has 18 heteroatoms. The van der Waals surface area contributed by atoms with Gasteiger partial charge < -0.3 is 20.0 Å². The molecule has 0 aliphatic carbocycles. The summed E-state index contributed by atoms with van der Waals surface area (Å²) in [5.74, 6) is 0. The molecule has 0 atom stereocenters. The van der Waals surface area contributed by atoms with Crippen molar-refractivity contribution in [3.05, 3.63) is 119 Å². The Morgan fingerprint density at radius 2 is 1.02 bits per heavy atom. The molecule has 0 amide bonds. The number of alkyl halides is 6. The van der Waals surface area contributed by atoms with E-state index in [1.54, 1.807) is 30.3 Å². The molecule has 0 aliphatic heterocycles. The molecule has 0 bridgehead atoms. The second-order valence-corrected chi connectivity index (χ2v) is 13.1. The molecule has 2 heterocycles. The fourth-order valence-electron chi connectivity index (χ4n) is 4.14. The third kappa shape index (κ3) is 10.4. The van der Waals surface area contributed by atoms with Crippen LogP contribution < -0.4 is 5.46 Å². The molecule has 260 valence electrons. The molecular weight excluding hydrogens is 850 g/mol. The first-order valence-corrected chi connectivity index (χ1v) is 16.0. The molecule has 0 spiro atoms. The maximum Gasteiger partial charge on any atom is 0.488 e. The lowest BCUT2D eigenvalue weighted by Gasteiger charge is -2.06. The van der Waals surface area contributed by atoms with Crippen LogP contribution in [0.25, 0.3) is 32.9 Å². The molecule has 0 saturated carbocycles. The van der Waals surface area contributed by atoms with Crippen LogP contribution in [0.1, 0.15) is 18.8 Å². The quantitative estimate of drug-likeness (QED) is 0.103. The summed E-state index contributed by atoms with van der Waals surface area (Å²) in [6.07, 6.45) is -8.80. The molecule has 0 saturated heterocycles. The highest BCUT2D eigenvalue weighted by atomic mass is 79.9. The zero-order chi connectivity index (χ0) is 35.7. The van der Waals surface area contributed by atoms with Crippen molar-refractivity contribution in [1.82, 2.24) is 9.97 Å². The van der Waals surface area contributed by atoms with Gasteiger partial charge in [-0.1, -0.05) is 89.2 Å². The minimum absolute atomic E-state index is 0. The van der Waals surface area contributed by atoms with E-state index in [2.05, 4.69) is 25.9 Å². The third-order valence-corrected chi connectivity index (χ3v) is 9.44. The summed E-state index contributed by atoms with van der Waals surface area (Å²) >= 11 is 38.1. The molecule has 2 aromatic heterocycles. The van der Waals surface area contributed by atoms with Gasteiger partial charge in [0.2, 0.25) is 0 Å². The first kappa shape index (κ1) is 41.2. The summed E-state index contributed by atoms with van der Waals surface area (Å²) in [6, 6.07) is 17.5. The van der Waals surface area contributed by atoms with Gasteiger partial charge in [0.25, 0.3) is 0 Å². The molecule has 4 nitrogen and oxygen atoms in total. The van der Waals surface area contributed by atoms with Gasteiger partial charge in [-0.25, -0.2) is 0 Å². The molecule has 0 aliphatic rings. The number of rotatable bonds is 2. The van der Waals surface area contributed by atoms with E-state index in [4.69, 9.17) is 79.7 Å². The standard InChI is InChI=1S/C15H7Cl3F3N.C9H4BrClF3N.C6H5BCl2O2.CH4/c16-10-2-1-7(4-12(10)18)9-3-8-5-14(15(19,20)21)22-13(8)6-11(9)17;10-5-1-4-2-8(9(12,13)14)15-7(4)3-6(5)11;8-5-2-1-4(7(10)11)3-6(5)9;/h1-6,22H;1-3,15H;1-3,10-11H;1H4. The van der Waals surface area contributed by atoms with Gasteiger partial charge in [0.05, 0.1) is 30.1 Å². The number of aromatic amines is 2. The van der Waals surface area contributed by atoms with Crippen molar-refractivity contribution in [2.75, 3.05) is 0 Å². The van der Waals surface area contributed by atoms with E-state index < -0.39 is 30.9 Å². The Labute approximate surface area is 314 Å². The zero-order valence-corrected chi connectivity index (χ0v) is 29.4. The Kier molecular flexibility index (Phi) is 13.8. The second-order valence-electron chi connectivity index (χ2n) is 9.81. The minimum atomic E-state index is -4.44. The van der Waals surface area contributed by atoms with Crippen molar-refractivity contribution in [3.8, 4) is 11.1 Å². The SMILES string of the molecule is C.FC(F)(F)c1cc2cc(-c3ccc(Cl)c(Cl)c3)c(Cl)cc2[nH]1.FC(F)(F)c1cc2cc(Br)c(Cl)cc2[nH]1.OB(O)c1ccc(Cl)c(Cl)c1. The van der Waals surface area contributed by atoms with Gasteiger partial charge in [-0.2, -0.15) is 26.3 Å². The van der Waals surface area contributed by atoms with E-state index in [0.29, 0.717) is 73.0 Å². The molecule has 6 rings (SSSR count). The van der Waals surface area contributed by atoms with E-state index in [9.17, 15) is 26.3 Å². The summed E-state index contributed by atoms with van der Waals surface area (Å²) in [6.45, 7) is 0. The van der Waals surface area contributed by atoms with Gasteiger partial charge in [-0.15, -0.1) is 0 Å². The number of H-pyrrole nitrogens is 2. The van der Waals surface area contributed by atoms with Crippen LogP contribution in [0.4, 0.5) is 26.3 Å². The van der Waals surface area contributed by atoms with Crippen LogP contribution in [0.5, 0.6) is 0 Å². The third-order valence-electron chi connectivity index (χ3n) is 6.45. The van der Waals surface area contributed by atoms with Gasteiger partial charge in [0.1, 0.15) is 11.4 Å². The fraction of sp³-hybridized carbons (Fsp3) is 0.0968. The van der Waals surface area contributed by atoms with Crippen LogP contribution in [0, 0.1) is 0 Å². The predicted molar refractivity (Wildman–Crippen MR) is 193 cm³/mol. The number of hydrogen-bond donors (Lipinski definition) is 4. The van der Waals surface area contributed by atoms with Crippen molar-refractivity contribution in [3.63, 3.8) is 0 Å². The Morgan fingerprint density at radius 3 is 1.49 bits per heavy atom. The summed E-state index contributed by atoms with van der Waals surface area (Å²) in [5.41, 5.74) is 0.698. The number of benzene rings is 4. The second kappa shape index (κ2) is 16.4. The van der Waals surface area contributed by atoms with E-state index in [1.807, 2.05) is 0 Å². The summed E-state index contributed by atoms with van der Waals surface area (Å²) < 4.78 is 75.9. The van der Waals surface area contributed by atoms with E-state index in [-0.39, 0.29) is 7.43 Å².